The molecular formula is C12H18O. The van der Waals surface area contributed by atoms with Gasteiger partial charge >= 0.3 is 0 Å². The Hall–Kier alpha value is -0.820. The van der Waals surface area contributed by atoms with E-state index in [1.54, 1.807) is 7.11 Å². The van der Waals surface area contributed by atoms with Crippen LogP contribution < -0.4 is 0 Å². The van der Waals surface area contributed by atoms with Crippen LogP contribution in [-0.4, -0.2) is 7.11 Å². The van der Waals surface area contributed by atoms with Gasteiger partial charge in [-0.1, -0.05) is 51.1 Å². The summed E-state index contributed by atoms with van der Waals surface area (Å²) >= 11 is 0. The third kappa shape index (κ3) is 2.56. The fourth-order valence-electron chi connectivity index (χ4n) is 1.62. The van der Waals surface area contributed by atoms with Crippen LogP contribution in [0, 0.1) is 5.41 Å². The molecule has 0 fully saturated rings. The number of rotatable bonds is 2. The van der Waals surface area contributed by atoms with Gasteiger partial charge in [-0.25, -0.2) is 0 Å². The van der Waals surface area contributed by atoms with Gasteiger partial charge in [-0.05, 0) is 11.0 Å². The lowest BCUT2D eigenvalue weighted by Crippen LogP contribution is -2.19. The molecule has 0 heterocycles. The Morgan fingerprint density at radius 3 is 2.00 bits per heavy atom. The molecule has 0 aliphatic rings. The molecule has 1 aromatic carbocycles. The van der Waals surface area contributed by atoms with E-state index in [9.17, 15) is 0 Å². The van der Waals surface area contributed by atoms with Crippen LogP contribution in [0.1, 0.15) is 32.4 Å². The second-order valence-electron chi connectivity index (χ2n) is 4.39. The first-order valence-corrected chi connectivity index (χ1v) is 4.63. The standard InChI is InChI=1S/C12H18O/c1-12(2,3)11(13-4)10-8-6-5-7-9-10/h5-9,11H,1-4H3/t11-/m0/s1. The molecule has 0 aliphatic heterocycles. The molecule has 0 aromatic heterocycles. The molecule has 0 aliphatic carbocycles. The number of benzene rings is 1. The first-order chi connectivity index (χ1) is 6.05. The largest absolute Gasteiger partial charge is 0.376 e. The second-order valence-corrected chi connectivity index (χ2v) is 4.39. The average Bonchev–Trinajstić information content (AvgIpc) is 2.05. The molecule has 0 unspecified atom stereocenters. The van der Waals surface area contributed by atoms with Crippen molar-refractivity contribution in [3.63, 3.8) is 0 Å². The van der Waals surface area contributed by atoms with Gasteiger partial charge in [0, 0.05) is 7.11 Å². The van der Waals surface area contributed by atoms with Crippen molar-refractivity contribution in [2.75, 3.05) is 7.11 Å². The van der Waals surface area contributed by atoms with E-state index in [1.165, 1.54) is 5.56 Å². The lowest BCUT2D eigenvalue weighted by Gasteiger charge is -2.29. The second kappa shape index (κ2) is 3.93. The first kappa shape index (κ1) is 10.3. The predicted molar refractivity (Wildman–Crippen MR) is 55.6 cm³/mol. The molecular weight excluding hydrogens is 160 g/mol. The van der Waals surface area contributed by atoms with E-state index >= 15 is 0 Å². The summed E-state index contributed by atoms with van der Waals surface area (Å²) in [5.74, 6) is 0. The van der Waals surface area contributed by atoms with Crippen LogP contribution in [0.5, 0.6) is 0 Å². The molecule has 72 valence electrons. The fraction of sp³-hybridized carbons (Fsp3) is 0.500. The van der Waals surface area contributed by atoms with E-state index in [1.807, 2.05) is 18.2 Å². The highest BCUT2D eigenvalue weighted by Crippen LogP contribution is 2.34. The third-order valence-electron chi connectivity index (χ3n) is 2.12. The van der Waals surface area contributed by atoms with Gasteiger partial charge in [-0.2, -0.15) is 0 Å². The van der Waals surface area contributed by atoms with Gasteiger partial charge in [-0.15, -0.1) is 0 Å². The maximum atomic E-state index is 5.50. The lowest BCUT2D eigenvalue weighted by molar-refractivity contribution is 0.0152. The quantitative estimate of drug-likeness (QED) is 0.674. The van der Waals surface area contributed by atoms with Crippen LogP contribution in [0.15, 0.2) is 30.3 Å². The van der Waals surface area contributed by atoms with Crippen molar-refractivity contribution in [3.05, 3.63) is 35.9 Å². The van der Waals surface area contributed by atoms with E-state index in [0.29, 0.717) is 0 Å². The maximum absolute atomic E-state index is 5.50. The van der Waals surface area contributed by atoms with Gasteiger partial charge < -0.3 is 4.74 Å². The Labute approximate surface area is 80.7 Å². The lowest BCUT2D eigenvalue weighted by atomic mass is 9.85. The first-order valence-electron chi connectivity index (χ1n) is 4.63. The summed E-state index contributed by atoms with van der Waals surface area (Å²) in [6.07, 6.45) is 0.175. The normalized spacial score (nSPS) is 14.2. The molecule has 1 atom stereocenters. The fourth-order valence-corrected chi connectivity index (χ4v) is 1.62. The molecule has 0 radical (unpaired) electrons. The zero-order valence-corrected chi connectivity index (χ0v) is 8.87. The molecule has 1 rings (SSSR count). The Morgan fingerprint density at radius 2 is 1.62 bits per heavy atom. The van der Waals surface area contributed by atoms with Crippen molar-refractivity contribution in [1.82, 2.24) is 0 Å². The maximum Gasteiger partial charge on any atom is 0.0869 e. The van der Waals surface area contributed by atoms with Crippen molar-refractivity contribution in [1.29, 1.82) is 0 Å². The van der Waals surface area contributed by atoms with E-state index < -0.39 is 0 Å². The Balaban J connectivity index is 2.92. The predicted octanol–water partition coefficient (Wildman–Crippen LogP) is 3.42. The highest BCUT2D eigenvalue weighted by Gasteiger charge is 2.25. The molecule has 0 spiro atoms. The highest BCUT2D eigenvalue weighted by atomic mass is 16.5. The topological polar surface area (TPSA) is 9.23 Å². The van der Waals surface area contributed by atoms with E-state index in [4.69, 9.17) is 4.74 Å². The van der Waals surface area contributed by atoms with Gasteiger partial charge in [-0.3, -0.25) is 0 Å². The van der Waals surface area contributed by atoms with Crippen LogP contribution in [-0.2, 0) is 4.74 Å². The third-order valence-corrected chi connectivity index (χ3v) is 2.12. The summed E-state index contributed by atoms with van der Waals surface area (Å²) in [6.45, 7) is 6.57. The van der Waals surface area contributed by atoms with Gasteiger partial charge in [0.1, 0.15) is 0 Å². The molecule has 0 bridgehead atoms. The highest BCUT2D eigenvalue weighted by molar-refractivity contribution is 5.19. The number of methoxy groups -OCH3 is 1. The SMILES string of the molecule is CO[C@@H](c1ccccc1)C(C)(C)C. The van der Waals surface area contributed by atoms with Gasteiger partial charge in [0.15, 0.2) is 0 Å². The van der Waals surface area contributed by atoms with Crippen LogP contribution in [0.3, 0.4) is 0 Å². The number of hydrogen-bond acceptors (Lipinski definition) is 1. The number of hydrogen-bond donors (Lipinski definition) is 0. The van der Waals surface area contributed by atoms with Crippen molar-refractivity contribution < 1.29 is 4.74 Å². The van der Waals surface area contributed by atoms with Crippen LogP contribution >= 0.6 is 0 Å². The molecule has 0 amide bonds. The minimum absolute atomic E-state index is 0.149. The van der Waals surface area contributed by atoms with Crippen molar-refractivity contribution in [2.24, 2.45) is 5.41 Å². The smallest absolute Gasteiger partial charge is 0.0869 e. The van der Waals surface area contributed by atoms with Gasteiger partial charge in [0.2, 0.25) is 0 Å². The summed E-state index contributed by atoms with van der Waals surface area (Å²) in [7, 11) is 1.77. The molecule has 1 aromatic rings. The monoisotopic (exact) mass is 178 g/mol. The average molecular weight is 178 g/mol. The van der Waals surface area contributed by atoms with E-state index in [0.717, 1.165) is 0 Å². The van der Waals surface area contributed by atoms with Gasteiger partial charge in [0.05, 0.1) is 6.10 Å². The summed E-state index contributed by atoms with van der Waals surface area (Å²) in [5, 5.41) is 0. The van der Waals surface area contributed by atoms with E-state index in [2.05, 4.69) is 32.9 Å². The molecule has 1 heteroatoms. The zero-order chi connectivity index (χ0) is 9.90. The van der Waals surface area contributed by atoms with Crippen molar-refractivity contribution >= 4 is 0 Å². The molecule has 0 saturated heterocycles. The molecule has 0 saturated carbocycles. The summed E-state index contributed by atoms with van der Waals surface area (Å²) in [5.41, 5.74) is 1.40. The van der Waals surface area contributed by atoms with Crippen LogP contribution in [0.2, 0.25) is 0 Å². The molecule has 1 nitrogen and oxygen atoms in total. The van der Waals surface area contributed by atoms with Gasteiger partial charge in [0.25, 0.3) is 0 Å². The van der Waals surface area contributed by atoms with Crippen molar-refractivity contribution in [3.8, 4) is 0 Å². The molecule has 0 N–H and O–H groups in total. The Bertz CT molecular complexity index is 246. The number of ether oxygens (including phenoxy) is 1. The van der Waals surface area contributed by atoms with Crippen molar-refractivity contribution in [2.45, 2.75) is 26.9 Å². The van der Waals surface area contributed by atoms with Crippen LogP contribution in [0.4, 0.5) is 0 Å². The minimum atomic E-state index is 0.149. The molecule has 13 heavy (non-hydrogen) atoms. The van der Waals surface area contributed by atoms with Crippen LogP contribution in [0.25, 0.3) is 0 Å². The van der Waals surface area contributed by atoms with E-state index in [-0.39, 0.29) is 11.5 Å². The summed E-state index contributed by atoms with van der Waals surface area (Å²) in [4.78, 5) is 0. The Kier molecular flexibility index (Phi) is 3.10. The Morgan fingerprint density at radius 1 is 1.08 bits per heavy atom. The summed E-state index contributed by atoms with van der Waals surface area (Å²) < 4.78 is 5.50. The summed E-state index contributed by atoms with van der Waals surface area (Å²) in [6, 6.07) is 10.3. The zero-order valence-electron chi connectivity index (χ0n) is 8.87. The minimum Gasteiger partial charge on any atom is -0.376 e.